The van der Waals surface area contributed by atoms with Crippen LogP contribution in [-0.2, 0) is 10.0 Å². The zero-order valence-corrected chi connectivity index (χ0v) is 15.2. The van der Waals surface area contributed by atoms with E-state index in [0.717, 1.165) is 4.31 Å². The van der Waals surface area contributed by atoms with E-state index in [1.807, 2.05) is 0 Å². The van der Waals surface area contributed by atoms with E-state index in [1.165, 1.54) is 61.8 Å². The molecule has 138 valence electrons. The first kappa shape index (κ1) is 18.5. The van der Waals surface area contributed by atoms with Crippen molar-refractivity contribution < 1.29 is 17.6 Å². The molecule has 0 saturated carbocycles. The monoisotopic (exact) mass is 385 g/mol. The molecule has 0 atom stereocenters. The number of carbonyl (C=O) groups is 1. The van der Waals surface area contributed by atoms with Gasteiger partial charge in [-0.15, -0.1) is 0 Å². The number of sulfonamides is 1. The highest BCUT2D eigenvalue weighted by Gasteiger charge is 2.22. The number of nitrogens with one attached hydrogen (secondary N) is 1. The summed E-state index contributed by atoms with van der Waals surface area (Å²) in [5, 5.41) is 2.65. The third-order valence-electron chi connectivity index (χ3n) is 3.86. The first-order chi connectivity index (χ1) is 12.9. The highest BCUT2D eigenvalue weighted by Crippen LogP contribution is 2.23. The van der Waals surface area contributed by atoms with E-state index in [9.17, 15) is 17.6 Å². The number of hydrogen-bond donors (Lipinski definition) is 1. The molecule has 3 aromatic rings. The molecule has 27 heavy (non-hydrogen) atoms. The van der Waals surface area contributed by atoms with Crippen molar-refractivity contribution in [1.82, 2.24) is 4.98 Å². The SMILES string of the molecule is CN(c1ccc(F)cc1)S(=O)(=O)c1cccc(C(=O)Nc2cccnc2)c1. The minimum atomic E-state index is -3.92. The summed E-state index contributed by atoms with van der Waals surface area (Å²) in [6, 6.07) is 14.1. The third kappa shape index (κ3) is 4.12. The average molecular weight is 385 g/mol. The van der Waals surface area contributed by atoms with E-state index < -0.39 is 21.7 Å². The van der Waals surface area contributed by atoms with E-state index in [1.54, 1.807) is 18.3 Å². The maximum Gasteiger partial charge on any atom is 0.264 e. The van der Waals surface area contributed by atoms with Crippen LogP contribution in [0.3, 0.4) is 0 Å². The summed E-state index contributed by atoms with van der Waals surface area (Å²) in [6.45, 7) is 0. The van der Waals surface area contributed by atoms with Crippen LogP contribution in [0.1, 0.15) is 10.4 Å². The molecule has 0 spiro atoms. The van der Waals surface area contributed by atoms with E-state index in [2.05, 4.69) is 10.3 Å². The third-order valence-corrected chi connectivity index (χ3v) is 5.65. The van der Waals surface area contributed by atoms with Gasteiger partial charge in [0.15, 0.2) is 0 Å². The van der Waals surface area contributed by atoms with Crippen molar-refractivity contribution in [3.63, 3.8) is 0 Å². The Kier molecular flexibility index (Phi) is 5.18. The fourth-order valence-corrected chi connectivity index (χ4v) is 3.63. The number of anilines is 2. The molecule has 8 heteroatoms. The van der Waals surface area contributed by atoms with Crippen LogP contribution in [0.15, 0.2) is 78.0 Å². The van der Waals surface area contributed by atoms with Gasteiger partial charge in [-0.05, 0) is 54.6 Å². The maximum atomic E-state index is 13.1. The fourth-order valence-electron chi connectivity index (χ4n) is 2.39. The summed E-state index contributed by atoms with van der Waals surface area (Å²) in [5.41, 5.74) is 0.994. The highest BCUT2D eigenvalue weighted by molar-refractivity contribution is 7.92. The van der Waals surface area contributed by atoms with Crippen LogP contribution in [0.25, 0.3) is 0 Å². The molecule has 2 aromatic carbocycles. The molecule has 6 nitrogen and oxygen atoms in total. The molecule has 1 amide bonds. The number of nitrogens with zero attached hydrogens (tertiary/aromatic N) is 2. The van der Waals surface area contributed by atoms with Crippen molar-refractivity contribution in [3.05, 3.63) is 84.4 Å². The lowest BCUT2D eigenvalue weighted by molar-refractivity contribution is 0.102. The zero-order valence-electron chi connectivity index (χ0n) is 14.3. The predicted molar refractivity (Wildman–Crippen MR) is 101 cm³/mol. The van der Waals surface area contributed by atoms with Gasteiger partial charge in [-0.2, -0.15) is 0 Å². The number of benzene rings is 2. The Hall–Kier alpha value is -3.26. The minimum Gasteiger partial charge on any atom is -0.321 e. The van der Waals surface area contributed by atoms with Gasteiger partial charge in [-0.1, -0.05) is 6.07 Å². The Labute approximate surface area is 156 Å². The van der Waals surface area contributed by atoms with E-state index in [-0.39, 0.29) is 10.5 Å². The summed E-state index contributed by atoms with van der Waals surface area (Å²) in [7, 11) is -2.55. The number of amides is 1. The molecule has 1 heterocycles. The van der Waals surface area contributed by atoms with Crippen molar-refractivity contribution in [3.8, 4) is 0 Å². The van der Waals surface area contributed by atoms with Gasteiger partial charge in [-0.3, -0.25) is 14.1 Å². The molecule has 0 aliphatic carbocycles. The van der Waals surface area contributed by atoms with E-state index in [0.29, 0.717) is 11.4 Å². The molecule has 0 radical (unpaired) electrons. The molecule has 1 aromatic heterocycles. The largest absolute Gasteiger partial charge is 0.321 e. The Morgan fingerprint density at radius 1 is 1.07 bits per heavy atom. The molecule has 0 fully saturated rings. The summed E-state index contributed by atoms with van der Waals surface area (Å²) in [6.07, 6.45) is 3.06. The molecular formula is C19H16FN3O3S. The van der Waals surface area contributed by atoms with Crippen LogP contribution in [0.5, 0.6) is 0 Å². The fraction of sp³-hybridized carbons (Fsp3) is 0.0526. The minimum absolute atomic E-state index is 0.0480. The quantitative estimate of drug-likeness (QED) is 0.731. The normalized spacial score (nSPS) is 11.0. The van der Waals surface area contributed by atoms with Gasteiger partial charge in [-0.25, -0.2) is 12.8 Å². The number of hydrogen-bond acceptors (Lipinski definition) is 4. The second-order valence-corrected chi connectivity index (χ2v) is 7.64. The van der Waals surface area contributed by atoms with Gasteiger partial charge in [0.1, 0.15) is 5.82 Å². The smallest absolute Gasteiger partial charge is 0.264 e. The van der Waals surface area contributed by atoms with E-state index in [4.69, 9.17) is 0 Å². The molecule has 0 bridgehead atoms. The molecule has 0 aliphatic heterocycles. The number of carbonyl (C=O) groups excluding carboxylic acids is 1. The second-order valence-electron chi connectivity index (χ2n) is 5.67. The average Bonchev–Trinajstić information content (AvgIpc) is 2.69. The maximum absolute atomic E-state index is 13.1. The van der Waals surface area contributed by atoms with Crippen molar-refractivity contribution in [2.75, 3.05) is 16.7 Å². The Morgan fingerprint density at radius 2 is 1.81 bits per heavy atom. The van der Waals surface area contributed by atoms with Crippen molar-refractivity contribution in [1.29, 1.82) is 0 Å². The van der Waals surface area contributed by atoms with Crippen molar-refractivity contribution in [2.24, 2.45) is 0 Å². The van der Waals surface area contributed by atoms with Crippen LogP contribution >= 0.6 is 0 Å². The number of pyridine rings is 1. The molecule has 0 aliphatic rings. The van der Waals surface area contributed by atoms with Gasteiger partial charge in [0.05, 0.1) is 22.5 Å². The molecule has 0 unspecified atom stereocenters. The van der Waals surface area contributed by atoms with Crippen LogP contribution in [0.4, 0.5) is 15.8 Å². The number of aromatic nitrogens is 1. The first-order valence-corrected chi connectivity index (χ1v) is 9.38. The first-order valence-electron chi connectivity index (χ1n) is 7.94. The standard InChI is InChI=1S/C19H16FN3O3S/c1-23(17-9-7-15(20)8-10-17)27(25,26)18-6-2-4-14(12-18)19(24)22-16-5-3-11-21-13-16/h2-13H,1H3,(H,22,24). The van der Waals surface area contributed by atoms with Crippen molar-refractivity contribution in [2.45, 2.75) is 4.90 Å². The number of halogens is 1. The predicted octanol–water partition coefficient (Wildman–Crippen LogP) is 3.30. The van der Waals surface area contributed by atoms with Crippen LogP contribution in [0.2, 0.25) is 0 Å². The zero-order chi connectivity index (χ0) is 19.4. The molecule has 3 rings (SSSR count). The van der Waals surface area contributed by atoms with Crippen LogP contribution in [-0.4, -0.2) is 26.4 Å². The van der Waals surface area contributed by atoms with Gasteiger partial charge >= 0.3 is 0 Å². The molecule has 0 saturated heterocycles. The van der Waals surface area contributed by atoms with Crippen molar-refractivity contribution >= 4 is 27.3 Å². The summed E-state index contributed by atoms with van der Waals surface area (Å²) < 4.78 is 39.8. The Morgan fingerprint density at radius 3 is 2.48 bits per heavy atom. The lowest BCUT2D eigenvalue weighted by atomic mass is 10.2. The number of rotatable bonds is 5. The highest BCUT2D eigenvalue weighted by atomic mass is 32.2. The summed E-state index contributed by atoms with van der Waals surface area (Å²) >= 11 is 0. The lowest BCUT2D eigenvalue weighted by Crippen LogP contribution is -2.26. The Balaban J connectivity index is 1.87. The van der Waals surface area contributed by atoms with Crippen LogP contribution < -0.4 is 9.62 Å². The second kappa shape index (κ2) is 7.55. The lowest BCUT2D eigenvalue weighted by Gasteiger charge is -2.19. The topological polar surface area (TPSA) is 79.4 Å². The Bertz CT molecular complexity index is 1060. The van der Waals surface area contributed by atoms with Crippen LogP contribution in [0, 0.1) is 5.82 Å². The van der Waals surface area contributed by atoms with Gasteiger partial charge < -0.3 is 5.32 Å². The van der Waals surface area contributed by atoms with Gasteiger partial charge in [0.2, 0.25) is 0 Å². The van der Waals surface area contributed by atoms with E-state index >= 15 is 0 Å². The van der Waals surface area contributed by atoms with Gasteiger partial charge in [0.25, 0.3) is 15.9 Å². The summed E-state index contributed by atoms with van der Waals surface area (Å²) in [5.74, 6) is -0.914. The van der Waals surface area contributed by atoms with Gasteiger partial charge in [0, 0.05) is 18.8 Å². The molecule has 1 N–H and O–H groups in total. The molecular weight excluding hydrogens is 369 g/mol. The summed E-state index contributed by atoms with van der Waals surface area (Å²) in [4.78, 5) is 16.2.